The van der Waals surface area contributed by atoms with Crippen LogP contribution in [0.1, 0.15) is 43.7 Å². The van der Waals surface area contributed by atoms with Crippen molar-refractivity contribution in [3.05, 3.63) is 36.2 Å². The Morgan fingerprint density at radius 2 is 2.13 bits per heavy atom. The summed E-state index contributed by atoms with van der Waals surface area (Å²) < 4.78 is 7.43. The van der Waals surface area contributed by atoms with Gasteiger partial charge in [0, 0.05) is 25.1 Å². The molecule has 1 fully saturated rings. The molecule has 0 spiro atoms. The number of aromatic nitrogens is 2. The maximum atomic E-state index is 5.65. The van der Waals surface area contributed by atoms with Crippen LogP contribution in [0.15, 0.2) is 30.5 Å². The number of nitrogens with zero attached hydrogens (tertiary/aromatic N) is 2. The summed E-state index contributed by atoms with van der Waals surface area (Å²) in [6.45, 7) is 1.39. The van der Waals surface area contributed by atoms with E-state index in [4.69, 9.17) is 10.5 Å². The van der Waals surface area contributed by atoms with Gasteiger partial charge in [-0.15, -0.1) is 0 Å². The zero-order chi connectivity index (χ0) is 16.1. The molecule has 1 aromatic carbocycles. The van der Waals surface area contributed by atoms with E-state index in [2.05, 4.69) is 21.2 Å². The van der Waals surface area contributed by atoms with Crippen molar-refractivity contribution in [3.8, 4) is 11.4 Å². The number of benzene rings is 1. The summed E-state index contributed by atoms with van der Waals surface area (Å²) in [5, 5.41) is 8.09. The minimum absolute atomic E-state index is 0.553. The summed E-state index contributed by atoms with van der Waals surface area (Å²) in [5.41, 5.74) is 9.10. The third kappa shape index (κ3) is 3.50. The van der Waals surface area contributed by atoms with E-state index in [0.717, 1.165) is 23.7 Å². The van der Waals surface area contributed by atoms with Crippen molar-refractivity contribution in [1.29, 1.82) is 0 Å². The Morgan fingerprint density at radius 1 is 1.30 bits per heavy atom. The first-order chi connectivity index (χ1) is 11.3. The second-order valence-electron chi connectivity index (χ2n) is 6.11. The fraction of sp³-hybridized carbons (Fsp3) is 0.500. The summed E-state index contributed by atoms with van der Waals surface area (Å²) in [5.74, 6) is 1.40. The van der Waals surface area contributed by atoms with Gasteiger partial charge in [-0.3, -0.25) is 0 Å². The minimum Gasteiger partial charge on any atom is -0.497 e. The van der Waals surface area contributed by atoms with Crippen LogP contribution in [0.3, 0.4) is 0 Å². The molecule has 5 heteroatoms. The normalized spacial score (nSPS) is 15.6. The van der Waals surface area contributed by atoms with Gasteiger partial charge in [0.1, 0.15) is 5.75 Å². The van der Waals surface area contributed by atoms with E-state index in [0.29, 0.717) is 12.5 Å². The number of rotatable bonds is 6. The molecule has 1 aliphatic rings. The van der Waals surface area contributed by atoms with E-state index in [1.807, 2.05) is 24.4 Å². The number of anilines is 1. The van der Waals surface area contributed by atoms with Gasteiger partial charge in [0.15, 0.2) is 0 Å². The third-order valence-corrected chi connectivity index (χ3v) is 4.56. The fourth-order valence-electron chi connectivity index (χ4n) is 3.42. The van der Waals surface area contributed by atoms with Crippen LogP contribution in [-0.4, -0.2) is 30.0 Å². The van der Waals surface area contributed by atoms with E-state index < -0.39 is 0 Å². The standard InChI is InChI=1S/C18H26N4O/c1-23-16-9-5-8-15(12-16)22-18(14-6-3-2-4-7-14)17(13-21-22)20-11-10-19/h5,8-9,12-14,20H,2-4,6-7,10-11,19H2,1H3. The molecule has 3 N–H and O–H groups in total. The predicted octanol–water partition coefficient (Wildman–Crippen LogP) is 3.30. The molecule has 0 unspecified atom stereocenters. The van der Waals surface area contributed by atoms with Gasteiger partial charge in [0.25, 0.3) is 0 Å². The molecule has 1 heterocycles. The van der Waals surface area contributed by atoms with Gasteiger partial charge >= 0.3 is 0 Å². The number of nitrogens with two attached hydrogens (primary N) is 1. The minimum atomic E-state index is 0.553. The SMILES string of the molecule is COc1cccc(-n2ncc(NCCN)c2C2CCCCC2)c1. The van der Waals surface area contributed by atoms with Crippen LogP contribution >= 0.6 is 0 Å². The second-order valence-corrected chi connectivity index (χ2v) is 6.11. The van der Waals surface area contributed by atoms with E-state index in [-0.39, 0.29) is 0 Å². The second kappa shape index (κ2) is 7.51. The van der Waals surface area contributed by atoms with Gasteiger partial charge in [-0.25, -0.2) is 4.68 Å². The van der Waals surface area contributed by atoms with Crippen molar-refractivity contribution in [1.82, 2.24) is 9.78 Å². The average Bonchev–Trinajstić information content (AvgIpc) is 3.04. The Morgan fingerprint density at radius 3 is 2.87 bits per heavy atom. The molecule has 1 aromatic heterocycles. The summed E-state index contributed by atoms with van der Waals surface area (Å²) in [6.07, 6.45) is 8.32. The highest BCUT2D eigenvalue weighted by Gasteiger charge is 2.24. The Kier molecular flexibility index (Phi) is 5.18. The molecule has 5 nitrogen and oxygen atoms in total. The number of hydrogen-bond donors (Lipinski definition) is 2. The van der Waals surface area contributed by atoms with Crippen LogP contribution in [-0.2, 0) is 0 Å². The Hall–Kier alpha value is -2.01. The number of methoxy groups -OCH3 is 1. The Labute approximate surface area is 137 Å². The van der Waals surface area contributed by atoms with Crippen molar-refractivity contribution in [2.75, 3.05) is 25.5 Å². The lowest BCUT2D eigenvalue weighted by Gasteiger charge is -2.24. The molecular formula is C18H26N4O. The molecule has 0 radical (unpaired) electrons. The molecule has 124 valence electrons. The van der Waals surface area contributed by atoms with Gasteiger partial charge in [-0.2, -0.15) is 5.10 Å². The van der Waals surface area contributed by atoms with Crippen LogP contribution < -0.4 is 15.8 Å². The lowest BCUT2D eigenvalue weighted by molar-refractivity contribution is 0.413. The van der Waals surface area contributed by atoms with E-state index in [9.17, 15) is 0 Å². The molecule has 23 heavy (non-hydrogen) atoms. The molecule has 1 aliphatic carbocycles. The van der Waals surface area contributed by atoms with Crippen molar-refractivity contribution in [3.63, 3.8) is 0 Å². The maximum absolute atomic E-state index is 5.65. The van der Waals surface area contributed by atoms with Crippen molar-refractivity contribution in [2.24, 2.45) is 5.73 Å². The quantitative estimate of drug-likeness (QED) is 0.858. The molecule has 0 aliphatic heterocycles. The predicted molar refractivity (Wildman–Crippen MR) is 93.5 cm³/mol. The summed E-state index contributed by atoms with van der Waals surface area (Å²) in [4.78, 5) is 0. The van der Waals surface area contributed by atoms with Crippen molar-refractivity contribution in [2.45, 2.75) is 38.0 Å². The number of nitrogens with one attached hydrogen (secondary N) is 1. The summed E-state index contributed by atoms with van der Waals surface area (Å²) in [7, 11) is 1.69. The van der Waals surface area contributed by atoms with Crippen LogP contribution in [0.25, 0.3) is 5.69 Å². The Bertz CT molecular complexity index is 632. The van der Waals surface area contributed by atoms with E-state index in [1.165, 1.54) is 37.8 Å². The fourth-order valence-corrected chi connectivity index (χ4v) is 3.42. The molecule has 0 atom stereocenters. The Balaban J connectivity index is 1.99. The lowest BCUT2D eigenvalue weighted by Crippen LogP contribution is -2.16. The van der Waals surface area contributed by atoms with Crippen LogP contribution in [0.4, 0.5) is 5.69 Å². The molecule has 3 rings (SSSR count). The highest BCUT2D eigenvalue weighted by Crippen LogP contribution is 2.37. The first-order valence-corrected chi connectivity index (χ1v) is 8.49. The van der Waals surface area contributed by atoms with Gasteiger partial charge in [0.2, 0.25) is 0 Å². The van der Waals surface area contributed by atoms with Gasteiger partial charge in [-0.05, 0) is 25.0 Å². The largest absolute Gasteiger partial charge is 0.497 e. The highest BCUT2D eigenvalue weighted by atomic mass is 16.5. The van der Waals surface area contributed by atoms with E-state index in [1.54, 1.807) is 7.11 Å². The lowest BCUT2D eigenvalue weighted by atomic mass is 9.86. The van der Waals surface area contributed by atoms with Crippen molar-refractivity contribution >= 4 is 5.69 Å². The zero-order valence-electron chi connectivity index (χ0n) is 13.8. The molecule has 0 saturated heterocycles. The van der Waals surface area contributed by atoms with Gasteiger partial charge in [-0.1, -0.05) is 25.3 Å². The monoisotopic (exact) mass is 314 g/mol. The molecule has 0 amide bonds. The molecular weight excluding hydrogens is 288 g/mol. The smallest absolute Gasteiger partial charge is 0.121 e. The van der Waals surface area contributed by atoms with Crippen LogP contribution in [0.5, 0.6) is 5.75 Å². The maximum Gasteiger partial charge on any atom is 0.121 e. The highest BCUT2D eigenvalue weighted by molar-refractivity contribution is 5.53. The summed E-state index contributed by atoms with van der Waals surface area (Å²) in [6, 6.07) is 8.08. The molecule has 0 bridgehead atoms. The van der Waals surface area contributed by atoms with Crippen molar-refractivity contribution < 1.29 is 4.74 Å². The van der Waals surface area contributed by atoms with Gasteiger partial charge < -0.3 is 15.8 Å². The average molecular weight is 314 g/mol. The van der Waals surface area contributed by atoms with E-state index >= 15 is 0 Å². The molecule has 1 saturated carbocycles. The number of hydrogen-bond acceptors (Lipinski definition) is 4. The summed E-state index contributed by atoms with van der Waals surface area (Å²) >= 11 is 0. The topological polar surface area (TPSA) is 65.1 Å². The van der Waals surface area contributed by atoms with Crippen LogP contribution in [0.2, 0.25) is 0 Å². The first kappa shape index (κ1) is 15.9. The third-order valence-electron chi connectivity index (χ3n) is 4.56. The van der Waals surface area contributed by atoms with Gasteiger partial charge in [0.05, 0.1) is 30.4 Å². The molecule has 2 aromatic rings. The zero-order valence-corrected chi connectivity index (χ0v) is 13.8. The number of ether oxygens (including phenoxy) is 1. The van der Waals surface area contributed by atoms with Crippen LogP contribution in [0, 0.1) is 0 Å². The first-order valence-electron chi connectivity index (χ1n) is 8.49.